The predicted octanol–water partition coefficient (Wildman–Crippen LogP) is 0.861. The van der Waals surface area contributed by atoms with E-state index >= 15 is 0 Å². The third-order valence-electron chi connectivity index (χ3n) is 3.08. The molecule has 0 aliphatic heterocycles. The van der Waals surface area contributed by atoms with Gasteiger partial charge in [-0.3, -0.25) is 9.59 Å². The number of carbonyl (C=O) groups is 2. The molecule has 1 rings (SSSR count). The summed E-state index contributed by atoms with van der Waals surface area (Å²) in [5, 5.41) is 11.9. The Kier molecular flexibility index (Phi) is 6.18. The molecule has 0 saturated heterocycles. The van der Waals surface area contributed by atoms with Gasteiger partial charge in [-0.05, 0) is 17.5 Å². The zero-order chi connectivity index (χ0) is 15.1. The van der Waals surface area contributed by atoms with Crippen molar-refractivity contribution < 1.29 is 14.7 Å². The fourth-order valence-corrected chi connectivity index (χ4v) is 1.79. The molecule has 1 aromatic rings. The summed E-state index contributed by atoms with van der Waals surface area (Å²) in [7, 11) is 0. The lowest BCUT2D eigenvalue weighted by Crippen LogP contribution is -2.41. The average molecular weight is 277 g/mol. The normalized spacial score (nSPS) is 12.2. The summed E-state index contributed by atoms with van der Waals surface area (Å²) in [4.78, 5) is 23.1. The second-order valence-corrected chi connectivity index (χ2v) is 4.96. The molecule has 1 radical (unpaired) electrons. The fraction of sp³-hybridized carbons (Fsp3) is 0.400. The molecule has 0 unspecified atom stereocenters. The van der Waals surface area contributed by atoms with Gasteiger partial charge in [0.05, 0.1) is 12.6 Å². The first-order chi connectivity index (χ1) is 9.45. The number of benzene rings is 1. The van der Waals surface area contributed by atoms with Crippen molar-refractivity contribution in [3.05, 3.63) is 41.8 Å². The van der Waals surface area contributed by atoms with Crippen LogP contribution in [0.15, 0.2) is 24.3 Å². The Morgan fingerprint density at radius 2 is 2.00 bits per heavy atom. The molecule has 0 bridgehead atoms. The van der Waals surface area contributed by atoms with Crippen molar-refractivity contribution >= 4 is 11.8 Å². The van der Waals surface area contributed by atoms with Crippen LogP contribution in [-0.2, 0) is 4.79 Å². The molecule has 109 valence electrons. The quantitative estimate of drug-likeness (QED) is 0.690. The van der Waals surface area contributed by atoms with E-state index in [2.05, 4.69) is 5.32 Å². The molecule has 20 heavy (non-hydrogen) atoms. The van der Waals surface area contributed by atoms with Gasteiger partial charge in [-0.1, -0.05) is 32.0 Å². The van der Waals surface area contributed by atoms with Crippen molar-refractivity contribution in [2.24, 2.45) is 11.7 Å². The number of aliphatic hydroxyl groups is 1. The number of carbonyl (C=O) groups excluding carboxylic acids is 2. The summed E-state index contributed by atoms with van der Waals surface area (Å²) in [5.41, 5.74) is 6.30. The number of nitrogens with two attached hydrogens (primary N) is 1. The van der Waals surface area contributed by atoms with Crippen LogP contribution in [0.4, 0.5) is 0 Å². The Bertz CT molecular complexity index is 472. The van der Waals surface area contributed by atoms with Gasteiger partial charge in [-0.2, -0.15) is 0 Å². The summed E-state index contributed by atoms with van der Waals surface area (Å²) in [6.45, 7) is 3.75. The van der Waals surface area contributed by atoms with Crippen LogP contribution in [0.3, 0.4) is 0 Å². The number of hydrogen-bond acceptors (Lipinski definition) is 3. The predicted molar refractivity (Wildman–Crippen MR) is 76.8 cm³/mol. The summed E-state index contributed by atoms with van der Waals surface area (Å²) in [6.07, 6.45) is 1.79. The van der Waals surface area contributed by atoms with Gasteiger partial charge in [0.2, 0.25) is 11.8 Å². The number of aliphatic hydroxyl groups excluding tert-OH is 1. The number of hydrogen-bond donors (Lipinski definition) is 3. The van der Waals surface area contributed by atoms with Gasteiger partial charge in [0.25, 0.3) is 0 Å². The number of amides is 2. The minimum Gasteiger partial charge on any atom is -0.394 e. The molecule has 0 aliphatic carbocycles. The summed E-state index contributed by atoms with van der Waals surface area (Å²) in [6, 6.07) is 6.59. The average Bonchev–Trinajstić information content (AvgIpc) is 2.42. The van der Waals surface area contributed by atoms with Gasteiger partial charge < -0.3 is 16.2 Å². The molecule has 0 saturated carbocycles. The van der Waals surface area contributed by atoms with Crippen molar-refractivity contribution in [3.8, 4) is 0 Å². The van der Waals surface area contributed by atoms with Gasteiger partial charge in [0.15, 0.2) is 0 Å². The van der Waals surface area contributed by atoms with Crippen LogP contribution < -0.4 is 11.1 Å². The van der Waals surface area contributed by atoms with Gasteiger partial charge in [-0.25, -0.2) is 0 Å². The van der Waals surface area contributed by atoms with E-state index in [-0.39, 0.29) is 30.9 Å². The highest BCUT2D eigenvalue weighted by Crippen LogP contribution is 2.12. The van der Waals surface area contributed by atoms with E-state index in [1.165, 1.54) is 0 Å². The van der Waals surface area contributed by atoms with E-state index in [1.807, 2.05) is 13.8 Å². The van der Waals surface area contributed by atoms with Gasteiger partial charge in [-0.15, -0.1) is 0 Å². The maximum Gasteiger partial charge on any atom is 0.248 e. The Morgan fingerprint density at radius 1 is 1.35 bits per heavy atom. The molecule has 1 aromatic carbocycles. The van der Waals surface area contributed by atoms with E-state index in [1.54, 1.807) is 30.7 Å². The molecule has 0 heterocycles. The van der Waals surface area contributed by atoms with Crippen molar-refractivity contribution in [2.45, 2.75) is 26.3 Å². The van der Waals surface area contributed by atoms with E-state index in [0.29, 0.717) is 11.1 Å². The molecule has 0 spiro atoms. The first-order valence-electron chi connectivity index (χ1n) is 6.58. The molecule has 4 N–H and O–H groups in total. The van der Waals surface area contributed by atoms with Gasteiger partial charge in [0.1, 0.15) is 0 Å². The third kappa shape index (κ3) is 4.66. The highest BCUT2D eigenvalue weighted by Gasteiger charge is 2.15. The lowest BCUT2D eigenvalue weighted by molar-refractivity contribution is -0.121. The number of nitrogens with one attached hydrogen (secondary N) is 1. The lowest BCUT2D eigenvalue weighted by Gasteiger charge is -2.19. The Morgan fingerprint density at radius 3 is 2.55 bits per heavy atom. The first kappa shape index (κ1) is 16.2. The molecular weight excluding hydrogens is 256 g/mol. The van der Waals surface area contributed by atoms with Gasteiger partial charge in [0, 0.05) is 18.4 Å². The highest BCUT2D eigenvalue weighted by atomic mass is 16.3. The number of rotatable bonds is 7. The first-order valence-corrected chi connectivity index (χ1v) is 6.58. The third-order valence-corrected chi connectivity index (χ3v) is 3.08. The summed E-state index contributed by atoms with van der Waals surface area (Å²) < 4.78 is 0. The van der Waals surface area contributed by atoms with E-state index in [9.17, 15) is 9.59 Å². The number of primary amides is 1. The second kappa shape index (κ2) is 7.65. The van der Waals surface area contributed by atoms with E-state index in [0.717, 1.165) is 0 Å². The standard InChI is InChI=1S/C15H21N2O3/c1-10(2)13(9-18)17-14(19)8-7-11-5-3-4-6-12(11)15(16)20/h3-7,10,13,18H,8-9H2,1-2H3,(H2,16,20)(H,17,19)/t13-/m1/s1. The van der Waals surface area contributed by atoms with Crippen molar-refractivity contribution in [1.29, 1.82) is 0 Å². The van der Waals surface area contributed by atoms with Crippen LogP contribution in [0.5, 0.6) is 0 Å². The summed E-state index contributed by atoms with van der Waals surface area (Å²) >= 11 is 0. The molecule has 0 aliphatic rings. The Balaban J connectivity index is 2.59. The SMILES string of the molecule is CC(C)[C@@H](CO)NC(=O)C[CH]c1ccccc1C(N)=O. The maximum absolute atomic E-state index is 11.8. The van der Waals surface area contributed by atoms with Crippen LogP contribution in [0.1, 0.15) is 36.2 Å². The smallest absolute Gasteiger partial charge is 0.248 e. The Labute approximate surface area is 119 Å². The molecule has 0 fully saturated rings. The minimum atomic E-state index is -0.521. The zero-order valence-corrected chi connectivity index (χ0v) is 11.8. The lowest BCUT2D eigenvalue weighted by atomic mass is 10.0. The fourth-order valence-electron chi connectivity index (χ4n) is 1.79. The van der Waals surface area contributed by atoms with Crippen LogP contribution in [0, 0.1) is 12.3 Å². The van der Waals surface area contributed by atoms with E-state index in [4.69, 9.17) is 10.8 Å². The Hall–Kier alpha value is -1.88. The van der Waals surface area contributed by atoms with Crippen molar-refractivity contribution in [1.82, 2.24) is 5.32 Å². The van der Waals surface area contributed by atoms with Crippen LogP contribution in [0.2, 0.25) is 0 Å². The zero-order valence-electron chi connectivity index (χ0n) is 11.8. The monoisotopic (exact) mass is 277 g/mol. The second-order valence-electron chi connectivity index (χ2n) is 4.96. The van der Waals surface area contributed by atoms with E-state index < -0.39 is 5.91 Å². The molecular formula is C15H21N2O3. The van der Waals surface area contributed by atoms with Crippen LogP contribution >= 0.6 is 0 Å². The molecule has 5 heteroatoms. The van der Waals surface area contributed by atoms with Crippen molar-refractivity contribution in [3.63, 3.8) is 0 Å². The summed E-state index contributed by atoms with van der Waals surface area (Å²) in [5.74, 6) is -0.563. The van der Waals surface area contributed by atoms with Crippen molar-refractivity contribution in [2.75, 3.05) is 6.61 Å². The van der Waals surface area contributed by atoms with Crippen LogP contribution in [-0.4, -0.2) is 29.6 Å². The van der Waals surface area contributed by atoms with Crippen LogP contribution in [0.25, 0.3) is 0 Å². The maximum atomic E-state index is 11.8. The molecule has 2 amide bonds. The largest absolute Gasteiger partial charge is 0.394 e. The van der Waals surface area contributed by atoms with Gasteiger partial charge >= 0.3 is 0 Å². The molecule has 1 atom stereocenters. The topological polar surface area (TPSA) is 92.4 Å². The highest BCUT2D eigenvalue weighted by molar-refractivity contribution is 5.95. The molecule has 5 nitrogen and oxygen atoms in total. The minimum absolute atomic E-state index is 0.0960. The molecule has 0 aromatic heterocycles.